The van der Waals surface area contributed by atoms with Gasteiger partial charge in [0.2, 0.25) is 0 Å². The monoisotopic (exact) mass is 667 g/mol. The van der Waals surface area contributed by atoms with E-state index in [1.54, 1.807) is 0 Å². The van der Waals surface area contributed by atoms with E-state index in [1.807, 2.05) is 11.3 Å². The highest BCUT2D eigenvalue weighted by molar-refractivity contribution is 7.26. The molecule has 0 atom stereocenters. The number of rotatable bonds is 4. The molecule has 0 saturated carbocycles. The minimum Gasteiger partial charge on any atom is -0.308 e. The molecule has 4 heteroatoms. The normalized spacial score (nSPS) is 11.9. The molecule has 0 saturated heterocycles. The second kappa shape index (κ2) is 11.0. The Morgan fingerprint density at radius 1 is 0.392 bits per heavy atom. The molecule has 0 spiro atoms. The fourth-order valence-electron chi connectivity index (χ4n) is 8.06. The van der Waals surface area contributed by atoms with E-state index in [0.717, 1.165) is 44.5 Å². The first kappa shape index (κ1) is 28.4. The summed E-state index contributed by atoms with van der Waals surface area (Å²) in [5, 5.41) is 6.25. The molecule has 0 amide bonds. The third-order valence-corrected chi connectivity index (χ3v) is 11.5. The van der Waals surface area contributed by atoms with E-state index in [2.05, 4.69) is 185 Å². The van der Waals surface area contributed by atoms with Crippen LogP contribution in [0.2, 0.25) is 0 Å². The maximum Gasteiger partial charge on any atom is 0.138 e. The minimum atomic E-state index is 0.919. The van der Waals surface area contributed by atoms with Gasteiger partial charge in [0.05, 0.1) is 27.6 Å². The van der Waals surface area contributed by atoms with Gasteiger partial charge in [0.1, 0.15) is 5.82 Å². The van der Waals surface area contributed by atoms with Gasteiger partial charge >= 0.3 is 0 Å². The van der Waals surface area contributed by atoms with Gasteiger partial charge in [-0.25, -0.2) is 4.98 Å². The third-order valence-electron chi connectivity index (χ3n) is 10.3. The molecule has 11 aromatic rings. The van der Waals surface area contributed by atoms with E-state index in [9.17, 15) is 0 Å². The molecule has 4 aromatic heterocycles. The summed E-state index contributed by atoms with van der Waals surface area (Å²) in [6.45, 7) is 0. The van der Waals surface area contributed by atoms with Crippen LogP contribution >= 0.6 is 11.3 Å². The molecule has 0 N–H and O–H groups in total. The number of hydrogen-bond donors (Lipinski definition) is 0. The third kappa shape index (κ3) is 4.27. The van der Waals surface area contributed by atoms with Gasteiger partial charge in [0, 0.05) is 42.0 Å². The van der Waals surface area contributed by atoms with Gasteiger partial charge in [0.25, 0.3) is 0 Å². The quantitative estimate of drug-likeness (QED) is 0.183. The Kier molecular flexibility index (Phi) is 6.12. The van der Waals surface area contributed by atoms with Gasteiger partial charge in [0.15, 0.2) is 0 Å². The molecule has 11 rings (SSSR count). The summed E-state index contributed by atoms with van der Waals surface area (Å²) in [6, 6.07) is 63.5. The summed E-state index contributed by atoms with van der Waals surface area (Å²) < 4.78 is 7.32. The van der Waals surface area contributed by atoms with Crippen molar-refractivity contribution in [1.29, 1.82) is 0 Å². The summed E-state index contributed by atoms with van der Waals surface area (Å²) >= 11 is 1.88. The zero-order valence-corrected chi connectivity index (χ0v) is 28.3. The molecule has 3 nitrogen and oxygen atoms in total. The smallest absolute Gasteiger partial charge is 0.138 e. The van der Waals surface area contributed by atoms with Crippen LogP contribution in [-0.2, 0) is 0 Å². The Bertz CT molecular complexity index is 3100. The summed E-state index contributed by atoms with van der Waals surface area (Å²) in [7, 11) is 0. The molecular formula is C47H29N3S. The molecular weight excluding hydrogens is 639 g/mol. The number of aromatic nitrogens is 3. The second-order valence-corrected chi connectivity index (χ2v) is 14.2. The maximum atomic E-state index is 5.40. The van der Waals surface area contributed by atoms with Crippen molar-refractivity contribution in [3.05, 3.63) is 176 Å². The SMILES string of the molecule is c1cc(-c2cccc(-n3c4ccccc4c4nc(-n5c6ccccc6c6ccccc65)ccc43)c2)cc(-c2cccc3c2sc2ccccc23)c1. The molecule has 0 aliphatic carbocycles. The lowest BCUT2D eigenvalue weighted by atomic mass is 9.97. The van der Waals surface area contributed by atoms with Crippen LogP contribution in [0.1, 0.15) is 0 Å². The Hall–Kier alpha value is -6.49. The number of fused-ring (bicyclic) bond motifs is 9. The van der Waals surface area contributed by atoms with Crippen molar-refractivity contribution in [2.24, 2.45) is 0 Å². The van der Waals surface area contributed by atoms with Crippen LogP contribution in [0.3, 0.4) is 0 Å². The van der Waals surface area contributed by atoms with Gasteiger partial charge in [-0.05, 0) is 76.9 Å². The number of hydrogen-bond acceptors (Lipinski definition) is 2. The van der Waals surface area contributed by atoms with Crippen LogP contribution in [0, 0.1) is 0 Å². The topological polar surface area (TPSA) is 22.8 Å². The second-order valence-electron chi connectivity index (χ2n) is 13.2. The van der Waals surface area contributed by atoms with E-state index in [-0.39, 0.29) is 0 Å². The van der Waals surface area contributed by atoms with Crippen LogP contribution in [0.5, 0.6) is 0 Å². The highest BCUT2D eigenvalue weighted by atomic mass is 32.1. The molecule has 7 aromatic carbocycles. The zero-order chi connectivity index (χ0) is 33.5. The van der Waals surface area contributed by atoms with E-state index in [4.69, 9.17) is 4.98 Å². The largest absolute Gasteiger partial charge is 0.308 e. The molecule has 0 aliphatic heterocycles. The average Bonchev–Trinajstić information content (AvgIpc) is 3.86. The lowest BCUT2D eigenvalue weighted by molar-refractivity contribution is 1.10. The van der Waals surface area contributed by atoms with E-state index in [1.165, 1.54) is 53.2 Å². The van der Waals surface area contributed by atoms with E-state index in [0.29, 0.717) is 0 Å². The highest BCUT2D eigenvalue weighted by Gasteiger charge is 2.18. The number of pyridine rings is 1. The van der Waals surface area contributed by atoms with Gasteiger partial charge < -0.3 is 4.57 Å². The molecule has 0 aliphatic rings. The molecule has 0 fully saturated rings. The highest BCUT2D eigenvalue weighted by Crippen LogP contribution is 2.41. The number of para-hydroxylation sites is 3. The van der Waals surface area contributed by atoms with Crippen molar-refractivity contribution < 1.29 is 0 Å². The van der Waals surface area contributed by atoms with Gasteiger partial charge in [-0.3, -0.25) is 4.57 Å². The standard InChI is InChI=1S/C47H29N3S/c1-5-22-40-35(16-1)36-17-2-6-23-41(36)50(40)45-27-26-43-46(48-45)39-19-3-7-24-42(39)49(43)33-15-10-13-31(29-33)30-12-9-14-32(28-30)34-20-11-21-38-37-18-4-8-25-44(37)51-47(34)38/h1-29H. The fourth-order valence-corrected chi connectivity index (χ4v) is 9.29. The predicted octanol–water partition coefficient (Wildman–Crippen LogP) is 13.0. The maximum absolute atomic E-state index is 5.40. The zero-order valence-electron chi connectivity index (χ0n) is 27.5. The lowest BCUT2D eigenvalue weighted by Gasteiger charge is -2.12. The van der Waals surface area contributed by atoms with Crippen molar-refractivity contribution in [1.82, 2.24) is 14.1 Å². The van der Waals surface area contributed by atoms with Crippen molar-refractivity contribution in [2.45, 2.75) is 0 Å². The molecule has 238 valence electrons. The van der Waals surface area contributed by atoms with Crippen molar-refractivity contribution >= 4 is 75.3 Å². The molecule has 51 heavy (non-hydrogen) atoms. The van der Waals surface area contributed by atoms with Crippen LogP contribution in [0.4, 0.5) is 0 Å². The first-order valence-electron chi connectivity index (χ1n) is 17.3. The summed E-state index contributed by atoms with van der Waals surface area (Å²) in [6.07, 6.45) is 0. The average molecular weight is 668 g/mol. The number of thiophene rings is 1. The Balaban J connectivity index is 1.06. The Morgan fingerprint density at radius 3 is 1.76 bits per heavy atom. The Morgan fingerprint density at radius 2 is 0.980 bits per heavy atom. The van der Waals surface area contributed by atoms with Crippen molar-refractivity contribution in [3.8, 4) is 33.8 Å². The van der Waals surface area contributed by atoms with Gasteiger partial charge in [-0.1, -0.05) is 121 Å². The van der Waals surface area contributed by atoms with Crippen LogP contribution in [0.25, 0.3) is 97.7 Å². The molecule has 0 bridgehead atoms. The molecule has 4 heterocycles. The van der Waals surface area contributed by atoms with Gasteiger partial charge in [-0.15, -0.1) is 11.3 Å². The van der Waals surface area contributed by atoms with E-state index < -0.39 is 0 Å². The summed E-state index contributed by atoms with van der Waals surface area (Å²) in [5.41, 5.74) is 11.5. The van der Waals surface area contributed by atoms with Crippen LogP contribution in [0.15, 0.2) is 176 Å². The summed E-state index contributed by atoms with van der Waals surface area (Å²) in [4.78, 5) is 5.40. The predicted molar refractivity (Wildman–Crippen MR) is 217 cm³/mol. The minimum absolute atomic E-state index is 0.919. The first-order valence-corrected chi connectivity index (χ1v) is 18.1. The number of benzene rings is 7. The molecule has 0 unspecified atom stereocenters. The first-order chi connectivity index (χ1) is 25.3. The van der Waals surface area contributed by atoms with E-state index >= 15 is 0 Å². The Labute approximate surface area is 297 Å². The van der Waals surface area contributed by atoms with Gasteiger partial charge in [-0.2, -0.15) is 0 Å². The fraction of sp³-hybridized carbons (Fsp3) is 0. The summed E-state index contributed by atoms with van der Waals surface area (Å²) in [5.74, 6) is 0.919. The van der Waals surface area contributed by atoms with Crippen LogP contribution in [-0.4, -0.2) is 14.1 Å². The van der Waals surface area contributed by atoms with Crippen molar-refractivity contribution in [3.63, 3.8) is 0 Å². The molecule has 0 radical (unpaired) electrons. The number of nitrogens with zero attached hydrogens (tertiary/aromatic N) is 3. The van der Waals surface area contributed by atoms with Crippen molar-refractivity contribution in [2.75, 3.05) is 0 Å². The lowest BCUT2D eigenvalue weighted by Crippen LogP contribution is -1.98. The van der Waals surface area contributed by atoms with Crippen LogP contribution < -0.4 is 0 Å².